The molecule has 4 aliphatic carbocycles. The van der Waals surface area contributed by atoms with Gasteiger partial charge in [-0.15, -0.1) is 0 Å². The van der Waals surface area contributed by atoms with Gasteiger partial charge in [0.2, 0.25) is 0 Å². The number of carbonyl (C=O) groups is 1. The highest BCUT2D eigenvalue weighted by Crippen LogP contribution is 2.68. The first kappa shape index (κ1) is 24.7. The number of carbonyl (C=O) groups excluding carboxylic acids is 1. The van der Waals surface area contributed by atoms with E-state index in [2.05, 4.69) is 25.7 Å². The van der Waals surface area contributed by atoms with Gasteiger partial charge < -0.3 is 14.6 Å². The zero-order valence-corrected chi connectivity index (χ0v) is 22.2. The molecule has 4 aliphatic rings. The number of ketones is 1. The van der Waals surface area contributed by atoms with Crippen LogP contribution in [0.5, 0.6) is 11.5 Å². The van der Waals surface area contributed by atoms with Gasteiger partial charge in [-0.3, -0.25) is 4.79 Å². The van der Waals surface area contributed by atoms with Crippen LogP contribution in [0.2, 0.25) is 0 Å². The second-order valence-corrected chi connectivity index (χ2v) is 12.5. The van der Waals surface area contributed by atoms with Crippen molar-refractivity contribution in [1.82, 2.24) is 0 Å². The SMILES string of the molecule is COc1ccc(C#C[C@@]2(O)CC[C@]3(C)C4CC[C@@]5(C)C(CC[C@@H]5C(C)=O)C4CC[C@@H]3C2)cc1OC. The lowest BCUT2D eigenvalue weighted by Gasteiger charge is -2.61. The monoisotopic (exact) mass is 478 g/mol. The maximum Gasteiger partial charge on any atom is 0.161 e. The Morgan fingerprint density at radius 3 is 2.40 bits per heavy atom. The van der Waals surface area contributed by atoms with Crippen LogP contribution >= 0.6 is 0 Å². The van der Waals surface area contributed by atoms with Crippen LogP contribution in [0.15, 0.2) is 18.2 Å². The van der Waals surface area contributed by atoms with Crippen LogP contribution in [-0.2, 0) is 4.79 Å². The highest BCUT2D eigenvalue weighted by atomic mass is 16.5. The van der Waals surface area contributed by atoms with E-state index in [9.17, 15) is 9.90 Å². The molecule has 35 heavy (non-hydrogen) atoms. The second-order valence-electron chi connectivity index (χ2n) is 12.5. The fourth-order valence-corrected chi connectivity index (χ4v) is 9.13. The van der Waals surface area contributed by atoms with Crippen LogP contribution in [-0.4, -0.2) is 30.7 Å². The highest BCUT2D eigenvalue weighted by Gasteiger charge is 2.61. The van der Waals surface area contributed by atoms with E-state index in [0.717, 1.165) is 37.2 Å². The van der Waals surface area contributed by atoms with Crippen molar-refractivity contribution in [2.24, 2.45) is 40.4 Å². The van der Waals surface area contributed by atoms with Crippen LogP contribution in [0.1, 0.15) is 84.1 Å². The third kappa shape index (κ3) is 3.99. The Hall–Kier alpha value is -1.99. The van der Waals surface area contributed by atoms with Crippen molar-refractivity contribution >= 4 is 5.78 Å². The van der Waals surface area contributed by atoms with E-state index >= 15 is 0 Å². The van der Waals surface area contributed by atoms with E-state index in [1.54, 1.807) is 14.2 Å². The summed E-state index contributed by atoms with van der Waals surface area (Å²) in [5.74, 6) is 11.2. The van der Waals surface area contributed by atoms with Crippen molar-refractivity contribution in [3.63, 3.8) is 0 Å². The lowest BCUT2D eigenvalue weighted by molar-refractivity contribution is -0.144. The van der Waals surface area contributed by atoms with Gasteiger partial charge in [0, 0.05) is 11.5 Å². The van der Waals surface area contributed by atoms with Gasteiger partial charge in [-0.1, -0.05) is 25.7 Å². The summed E-state index contributed by atoms with van der Waals surface area (Å²) in [6.07, 6.45) is 9.71. The lowest BCUT2D eigenvalue weighted by Crippen LogP contribution is -2.56. The van der Waals surface area contributed by atoms with E-state index in [4.69, 9.17) is 9.47 Å². The van der Waals surface area contributed by atoms with Crippen molar-refractivity contribution < 1.29 is 19.4 Å². The molecular formula is C31H42O4. The summed E-state index contributed by atoms with van der Waals surface area (Å²) in [6.45, 7) is 6.74. The minimum Gasteiger partial charge on any atom is -0.493 e. The minimum absolute atomic E-state index is 0.205. The summed E-state index contributed by atoms with van der Waals surface area (Å²) < 4.78 is 10.7. The quantitative estimate of drug-likeness (QED) is 0.539. The number of hydrogen-bond donors (Lipinski definition) is 1. The molecule has 1 aromatic rings. The second kappa shape index (κ2) is 8.84. The smallest absolute Gasteiger partial charge is 0.161 e. The molecule has 4 heteroatoms. The van der Waals surface area contributed by atoms with E-state index < -0.39 is 5.60 Å². The Morgan fingerprint density at radius 1 is 0.943 bits per heavy atom. The third-order valence-electron chi connectivity index (χ3n) is 11.0. The molecule has 0 radical (unpaired) electrons. The normalized spacial score (nSPS) is 42.1. The number of aliphatic hydroxyl groups is 1. The number of rotatable bonds is 3. The molecule has 1 aromatic carbocycles. The molecule has 8 atom stereocenters. The Balaban J connectivity index is 1.33. The summed E-state index contributed by atoms with van der Waals surface area (Å²) in [5, 5.41) is 11.5. The van der Waals surface area contributed by atoms with Gasteiger partial charge in [0.1, 0.15) is 11.4 Å². The first-order chi connectivity index (χ1) is 16.6. The van der Waals surface area contributed by atoms with Crippen molar-refractivity contribution in [3.05, 3.63) is 23.8 Å². The fraction of sp³-hybridized carbons (Fsp3) is 0.710. The highest BCUT2D eigenvalue weighted by molar-refractivity contribution is 5.79. The van der Waals surface area contributed by atoms with Gasteiger partial charge in [-0.05, 0) is 117 Å². The number of fused-ring (bicyclic) bond motifs is 5. The Morgan fingerprint density at radius 2 is 1.69 bits per heavy atom. The van der Waals surface area contributed by atoms with Gasteiger partial charge in [-0.2, -0.15) is 0 Å². The molecule has 0 bridgehead atoms. The third-order valence-corrected chi connectivity index (χ3v) is 11.0. The van der Waals surface area contributed by atoms with E-state index in [0.29, 0.717) is 35.0 Å². The molecule has 0 saturated heterocycles. The maximum atomic E-state index is 12.4. The van der Waals surface area contributed by atoms with Gasteiger partial charge in [0.15, 0.2) is 11.5 Å². The Kier molecular flexibility index (Phi) is 6.24. The fourth-order valence-electron chi connectivity index (χ4n) is 9.13. The minimum atomic E-state index is -0.930. The topological polar surface area (TPSA) is 55.8 Å². The van der Waals surface area contributed by atoms with Gasteiger partial charge in [0.25, 0.3) is 0 Å². The van der Waals surface area contributed by atoms with Crippen LogP contribution < -0.4 is 9.47 Å². The summed E-state index contributed by atoms with van der Waals surface area (Å²) in [7, 11) is 3.25. The van der Waals surface area contributed by atoms with Crippen molar-refractivity contribution in [1.29, 1.82) is 0 Å². The Labute approximate surface area is 211 Å². The van der Waals surface area contributed by atoms with E-state index in [1.165, 1.54) is 32.1 Å². The number of ether oxygens (including phenoxy) is 2. The summed E-state index contributed by atoms with van der Waals surface area (Å²) >= 11 is 0. The first-order valence-corrected chi connectivity index (χ1v) is 13.6. The predicted molar refractivity (Wildman–Crippen MR) is 137 cm³/mol. The van der Waals surface area contributed by atoms with Crippen LogP contribution in [0, 0.1) is 52.3 Å². The summed E-state index contributed by atoms with van der Waals surface area (Å²) in [5.41, 5.74) is 0.383. The molecule has 4 fully saturated rings. The molecule has 0 amide bonds. The molecule has 0 aliphatic heterocycles. The molecule has 190 valence electrons. The van der Waals surface area contributed by atoms with Crippen molar-refractivity contribution in [2.45, 2.75) is 84.2 Å². The molecule has 0 aromatic heterocycles. The van der Waals surface area contributed by atoms with Crippen LogP contribution in [0.3, 0.4) is 0 Å². The molecule has 4 saturated carbocycles. The standard InChI is InChI=1S/C31H42O4/c1-20(32)24-9-10-25-23-8-7-22-19-31(33,15-12-21-6-11-27(34-4)28(18-21)35-5)17-16-29(22,2)26(23)13-14-30(24,25)3/h6,11,18,22-26,33H,7-10,13-14,16-17,19H2,1-5H3/t22-,23?,24-,25?,26?,29+,30-,31-/m1/s1. The van der Waals surface area contributed by atoms with Crippen LogP contribution in [0.4, 0.5) is 0 Å². The molecule has 5 rings (SSSR count). The zero-order chi connectivity index (χ0) is 25.0. The van der Waals surface area contributed by atoms with E-state index in [1.807, 2.05) is 25.1 Å². The first-order valence-electron chi connectivity index (χ1n) is 13.6. The Bertz CT molecular complexity index is 1050. The molecule has 3 unspecified atom stereocenters. The van der Waals surface area contributed by atoms with Crippen molar-refractivity contribution in [2.75, 3.05) is 14.2 Å². The number of benzene rings is 1. The average molecular weight is 479 g/mol. The average Bonchev–Trinajstić information content (AvgIpc) is 3.21. The predicted octanol–water partition coefficient (Wildman–Crippen LogP) is 6.03. The molecular weight excluding hydrogens is 436 g/mol. The lowest BCUT2D eigenvalue weighted by atomic mass is 9.44. The number of Topliss-reactive ketones (excluding diaryl/α,β-unsaturated/α-hetero) is 1. The number of methoxy groups -OCH3 is 2. The summed E-state index contributed by atoms with van der Waals surface area (Å²) in [4.78, 5) is 12.4. The largest absolute Gasteiger partial charge is 0.493 e. The van der Waals surface area contributed by atoms with E-state index in [-0.39, 0.29) is 16.7 Å². The van der Waals surface area contributed by atoms with Gasteiger partial charge in [0.05, 0.1) is 14.2 Å². The molecule has 1 N–H and O–H groups in total. The van der Waals surface area contributed by atoms with Crippen LogP contribution in [0.25, 0.3) is 0 Å². The molecule has 0 heterocycles. The molecule has 0 spiro atoms. The van der Waals surface area contributed by atoms with Gasteiger partial charge in [-0.25, -0.2) is 0 Å². The zero-order valence-electron chi connectivity index (χ0n) is 22.2. The maximum absolute atomic E-state index is 12.4. The molecule has 4 nitrogen and oxygen atoms in total. The number of hydrogen-bond acceptors (Lipinski definition) is 4. The van der Waals surface area contributed by atoms with Gasteiger partial charge >= 0.3 is 0 Å². The summed E-state index contributed by atoms with van der Waals surface area (Å²) in [6, 6.07) is 5.66. The van der Waals surface area contributed by atoms with Crippen molar-refractivity contribution in [3.8, 4) is 23.3 Å².